The fourth-order valence-corrected chi connectivity index (χ4v) is 2.70. The summed E-state index contributed by atoms with van der Waals surface area (Å²) in [7, 11) is 1.45. The SMILES string of the molecule is COc1c(Cl)cc(C(=O)Nc2cc(Cl)c(C)cc2N)cc1Cl. The average Bonchev–Trinajstić information content (AvgIpc) is 2.44. The van der Waals surface area contributed by atoms with E-state index in [2.05, 4.69) is 5.32 Å². The number of nitrogens with two attached hydrogens (primary N) is 1. The molecule has 3 N–H and O–H groups in total. The van der Waals surface area contributed by atoms with Crippen molar-refractivity contribution in [1.82, 2.24) is 0 Å². The molecule has 0 aliphatic rings. The molecule has 0 saturated carbocycles. The number of ether oxygens (including phenoxy) is 1. The van der Waals surface area contributed by atoms with Crippen molar-refractivity contribution in [3.05, 3.63) is 50.5 Å². The van der Waals surface area contributed by atoms with Gasteiger partial charge in [-0.2, -0.15) is 0 Å². The average molecular weight is 360 g/mol. The van der Waals surface area contributed by atoms with E-state index < -0.39 is 5.91 Å². The number of amides is 1. The minimum Gasteiger partial charge on any atom is -0.494 e. The highest BCUT2D eigenvalue weighted by Gasteiger charge is 2.15. The van der Waals surface area contributed by atoms with E-state index in [0.29, 0.717) is 22.1 Å². The van der Waals surface area contributed by atoms with Gasteiger partial charge < -0.3 is 15.8 Å². The zero-order valence-electron chi connectivity index (χ0n) is 11.8. The summed E-state index contributed by atoms with van der Waals surface area (Å²) in [6.07, 6.45) is 0. The van der Waals surface area contributed by atoms with Gasteiger partial charge in [0.1, 0.15) is 0 Å². The Kier molecular flexibility index (Phi) is 5.06. The maximum Gasteiger partial charge on any atom is 0.255 e. The van der Waals surface area contributed by atoms with Crippen LogP contribution in [0.15, 0.2) is 24.3 Å². The summed E-state index contributed by atoms with van der Waals surface area (Å²) in [5.74, 6) is -0.0872. The number of carbonyl (C=O) groups excluding carboxylic acids is 1. The van der Waals surface area contributed by atoms with Crippen molar-refractivity contribution < 1.29 is 9.53 Å². The summed E-state index contributed by atoms with van der Waals surface area (Å²) in [4.78, 5) is 12.3. The van der Waals surface area contributed by atoms with Crippen LogP contribution in [0.3, 0.4) is 0 Å². The van der Waals surface area contributed by atoms with Crippen molar-refractivity contribution in [1.29, 1.82) is 0 Å². The third-order valence-electron chi connectivity index (χ3n) is 3.04. The van der Waals surface area contributed by atoms with Gasteiger partial charge in [0.15, 0.2) is 5.75 Å². The lowest BCUT2D eigenvalue weighted by molar-refractivity contribution is 0.102. The summed E-state index contributed by atoms with van der Waals surface area (Å²) >= 11 is 18.1. The Balaban J connectivity index is 2.32. The summed E-state index contributed by atoms with van der Waals surface area (Å²) in [6.45, 7) is 1.83. The van der Waals surface area contributed by atoms with Crippen LogP contribution in [-0.4, -0.2) is 13.0 Å². The van der Waals surface area contributed by atoms with Crippen LogP contribution >= 0.6 is 34.8 Å². The third kappa shape index (κ3) is 3.40. The minimum atomic E-state index is -0.405. The molecular formula is C15H13Cl3N2O2. The molecule has 0 aliphatic heterocycles. The first-order valence-electron chi connectivity index (χ1n) is 6.23. The van der Waals surface area contributed by atoms with Crippen molar-refractivity contribution in [2.45, 2.75) is 6.92 Å². The first-order chi connectivity index (χ1) is 10.3. The molecule has 2 aromatic carbocycles. The topological polar surface area (TPSA) is 64.3 Å². The van der Waals surface area contributed by atoms with Crippen LogP contribution in [0.25, 0.3) is 0 Å². The summed E-state index contributed by atoms with van der Waals surface area (Å²) in [5, 5.41) is 3.68. The molecular weight excluding hydrogens is 347 g/mol. The largest absolute Gasteiger partial charge is 0.494 e. The Labute approximate surface area is 143 Å². The Bertz CT molecular complexity index is 725. The molecule has 4 nitrogen and oxygen atoms in total. The van der Waals surface area contributed by atoms with Crippen molar-refractivity contribution in [3.8, 4) is 5.75 Å². The van der Waals surface area contributed by atoms with E-state index in [0.717, 1.165) is 5.56 Å². The number of benzene rings is 2. The number of carbonyl (C=O) groups is 1. The normalized spacial score (nSPS) is 10.4. The van der Waals surface area contributed by atoms with E-state index in [1.165, 1.54) is 19.2 Å². The molecule has 0 heterocycles. The molecule has 0 aliphatic carbocycles. The zero-order chi connectivity index (χ0) is 16.4. The van der Waals surface area contributed by atoms with Gasteiger partial charge >= 0.3 is 0 Å². The molecule has 0 radical (unpaired) electrons. The van der Waals surface area contributed by atoms with E-state index in [1.807, 2.05) is 6.92 Å². The molecule has 2 aromatic rings. The van der Waals surface area contributed by atoms with E-state index in [1.54, 1.807) is 12.1 Å². The van der Waals surface area contributed by atoms with Gasteiger partial charge in [0.2, 0.25) is 0 Å². The zero-order valence-corrected chi connectivity index (χ0v) is 14.1. The predicted molar refractivity (Wildman–Crippen MR) is 91.6 cm³/mol. The molecule has 0 bridgehead atoms. The Morgan fingerprint density at radius 2 is 1.68 bits per heavy atom. The van der Waals surface area contributed by atoms with Gasteiger partial charge in [-0.15, -0.1) is 0 Å². The van der Waals surface area contributed by atoms with Crippen LogP contribution < -0.4 is 15.8 Å². The van der Waals surface area contributed by atoms with Gasteiger partial charge in [-0.05, 0) is 36.8 Å². The standard InChI is InChI=1S/C15H13Cl3N2O2/c1-7-3-12(19)13(6-9(7)16)20-15(21)8-4-10(17)14(22-2)11(18)5-8/h3-6H,19H2,1-2H3,(H,20,21). The lowest BCUT2D eigenvalue weighted by Gasteiger charge is -2.12. The monoisotopic (exact) mass is 358 g/mol. The number of anilines is 2. The van der Waals surface area contributed by atoms with E-state index in [9.17, 15) is 4.79 Å². The third-order valence-corrected chi connectivity index (χ3v) is 4.01. The van der Waals surface area contributed by atoms with Gasteiger partial charge in [-0.25, -0.2) is 0 Å². The second kappa shape index (κ2) is 6.65. The summed E-state index contributed by atoms with van der Waals surface area (Å²) in [6, 6.07) is 6.21. The number of hydrogen-bond acceptors (Lipinski definition) is 3. The van der Waals surface area contributed by atoms with Crippen molar-refractivity contribution in [3.63, 3.8) is 0 Å². The smallest absolute Gasteiger partial charge is 0.255 e. The highest BCUT2D eigenvalue weighted by atomic mass is 35.5. The molecule has 1 amide bonds. The Morgan fingerprint density at radius 3 is 2.23 bits per heavy atom. The minimum absolute atomic E-state index is 0.245. The molecule has 7 heteroatoms. The molecule has 0 saturated heterocycles. The van der Waals surface area contributed by atoms with Gasteiger partial charge in [-0.3, -0.25) is 4.79 Å². The summed E-state index contributed by atoms with van der Waals surface area (Å²) < 4.78 is 5.04. The molecule has 0 fully saturated rings. The number of hydrogen-bond donors (Lipinski definition) is 2. The number of rotatable bonds is 3. The second-order valence-electron chi connectivity index (χ2n) is 4.62. The molecule has 0 unspecified atom stereocenters. The first kappa shape index (κ1) is 16.7. The molecule has 2 rings (SSSR count). The number of methoxy groups -OCH3 is 1. The van der Waals surface area contributed by atoms with Gasteiger partial charge in [0, 0.05) is 10.6 Å². The number of halogens is 3. The van der Waals surface area contributed by atoms with Crippen LogP contribution in [0, 0.1) is 6.92 Å². The van der Waals surface area contributed by atoms with Crippen molar-refractivity contribution in [2.24, 2.45) is 0 Å². The van der Waals surface area contributed by atoms with Crippen molar-refractivity contribution in [2.75, 3.05) is 18.2 Å². The van der Waals surface area contributed by atoms with E-state index in [-0.39, 0.29) is 15.6 Å². The lowest BCUT2D eigenvalue weighted by Crippen LogP contribution is -2.13. The fraction of sp³-hybridized carbons (Fsp3) is 0.133. The molecule has 22 heavy (non-hydrogen) atoms. The number of nitrogens with one attached hydrogen (secondary N) is 1. The van der Waals surface area contributed by atoms with Gasteiger partial charge in [-0.1, -0.05) is 34.8 Å². The van der Waals surface area contributed by atoms with E-state index >= 15 is 0 Å². The van der Waals surface area contributed by atoms with Crippen LogP contribution in [0.5, 0.6) is 5.75 Å². The lowest BCUT2D eigenvalue weighted by atomic mass is 10.1. The quantitative estimate of drug-likeness (QED) is 0.774. The molecule has 0 spiro atoms. The highest BCUT2D eigenvalue weighted by molar-refractivity contribution is 6.38. The van der Waals surface area contributed by atoms with Crippen LogP contribution in [-0.2, 0) is 0 Å². The first-order valence-corrected chi connectivity index (χ1v) is 7.37. The van der Waals surface area contributed by atoms with E-state index in [4.69, 9.17) is 45.3 Å². The van der Waals surface area contributed by atoms with Gasteiger partial charge in [0.25, 0.3) is 5.91 Å². The number of aryl methyl sites for hydroxylation is 1. The van der Waals surface area contributed by atoms with Crippen molar-refractivity contribution >= 4 is 52.1 Å². The Morgan fingerprint density at radius 1 is 1.09 bits per heavy atom. The molecule has 0 atom stereocenters. The highest BCUT2D eigenvalue weighted by Crippen LogP contribution is 2.34. The Hall–Kier alpha value is -1.62. The number of nitrogen functional groups attached to an aromatic ring is 1. The fourth-order valence-electron chi connectivity index (χ4n) is 1.89. The van der Waals surface area contributed by atoms with Crippen LogP contribution in [0.1, 0.15) is 15.9 Å². The predicted octanol–water partition coefficient (Wildman–Crippen LogP) is 4.80. The maximum absolute atomic E-state index is 12.3. The summed E-state index contributed by atoms with van der Waals surface area (Å²) in [5.41, 5.74) is 7.82. The molecule has 0 aromatic heterocycles. The van der Waals surface area contributed by atoms with Crippen LogP contribution in [0.2, 0.25) is 15.1 Å². The molecule has 116 valence electrons. The second-order valence-corrected chi connectivity index (χ2v) is 5.84. The maximum atomic E-state index is 12.3. The van der Waals surface area contributed by atoms with Gasteiger partial charge in [0.05, 0.1) is 28.5 Å². The van der Waals surface area contributed by atoms with Crippen LogP contribution in [0.4, 0.5) is 11.4 Å².